The second-order valence-electron chi connectivity index (χ2n) is 9.06. The maximum absolute atomic E-state index is 14.3. The number of pyridine rings is 1. The van der Waals surface area contributed by atoms with Crippen LogP contribution in [0.3, 0.4) is 0 Å². The fraction of sp³-hybridized carbons (Fsp3) is 0.0714. The highest BCUT2D eigenvalue weighted by molar-refractivity contribution is 6.31. The number of fused-ring (bicyclic) bond motifs is 2. The van der Waals surface area contributed by atoms with Crippen molar-refractivity contribution in [3.63, 3.8) is 0 Å². The number of halogens is 6. The smallest absolute Gasteiger partial charge is 0.341 e. The minimum Gasteiger partial charge on any atom is -0.341 e. The first-order valence-corrected chi connectivity index (χ1v) is 12.2. The van der Waals surface area contributed by atoms with Gasteiger partial charge in [0.1, 0.15) is 18.0 Å². The Morgan fingerprint density at radius 2 is 1.83 bits per heavy atom. The van der Waals surface area contributed by atoms with Crippen molar-refractivity contribution >= 4 is 34.7 Å². The molecule has 0 spiro atoms. The summed E-state index contributed by atoms with van der Waals surface area (Å²) in [4.78, 5) is 30.6. The summed E-state index contributed by atoms with van der Waals surface area (Å²) in [7, 11) is 0. The molecule has 0 radical (unpaired) electrons. The van der Waals surface area contributed by atoms with Gasteiger partial charge in [-0.25, -0.2) is 18.3 Å². The average Bonchev–Trinajstić information content (AvgIpc) is 3.51. The highest BCUT2D eigenvalue weighted by Gasteiger charge is 2.36. The van der Waals surface area contributed by atoms with Gasteiger partial charge in [0.2, 0.25) is 0 Å². The Bertz CT molecular complexity index is 1950. The Balaban J connectivity index is 1.54. The van der Waals surface area contributed by atoms with E-state index < -0.39 is 46.8 Å². The zero-order valence-corrected chi connectivity index (χ0v) is 21.1. The summed E-state index contributed by atoms with van der Waals surface area (Å²) < 4.78 is 79.0. The van der Waals surface area contributed by atoms with Crippen molar-refractivity contribution in [2.75, 3.05) is 5.32 Å². The summed E-state index contributed by atoms with van der Waals surface area (Å²) in [6.45, 7) is 0. The van der Waals surface area contributed by atoms with Crippen molar-refractivity contribution in [1.82, 2.24) is 19.9 Å². The predicted octanol–water partition coefficient (Wildman–Crippen LogP) is 6.43. The summed E-state index contributed by atoms with van der Waals surface area (Å²) >= 11 is 6.29. The van der Waals surface area contributed by atoms with Crippen LogP contribution in [0.4, 0.5) is 27.6 Å². The first-order chi connectivity index (χ1) is 19.8. The molecular formula is C28H15ClF5N5O2. The molecule has 7 nitrogen and oxygen atoms in total. The molecule has 1 aliphatic rings. The molecule has 2 amide bonds. The third kappa shape index (κ3) is 4.86. The summed E-state index contributed by atoms with van der Waals surface area (Å²) in [5, 5.41) is 8.89. The first-order valence-electron chi connectivity index (χ1n) is 12.3. The molecule has 0 saturated carbocycles. The standard InChI is InChI=1S/C28H15ClF5N5O2/c29-21-3-2-17(30)10-19(21)25-24-20(27(41)38-25)7-14(13-1-4-23-35-12-36-39(23)11-13)8-22(24)37-26(40)15-5-16(28(32,33)34)9-18(31)6-15/h1-12,25H,(H,37,40)(H,38,41)/t25-/m0/s1/i25D. The van der Waals surface area contributed by atoms with Crippen LogP contribution in [0.1, 0.15) is 44.8 Å². The summed E-state index contributed by atoms with van der Waals surface area (Å²) in [6, 6.07) is 8.44. The number of carbonyl (C=O) groups is 2. The molecule has 0 aliphatic carbocycles. The van der Waals surface area contributed by atoms with E-state index in [2.05, 4.69) is 20.7 Å². The number of hydrogen-bond donors (Lipinski definition) is 2. The largest absolute Gasteiger partial charge is 0.416 e. The van der Waals surface area contributed by atoms with Gasteiger partial charge in [-0.1, -0.05) is 11.6 Å². The van der Waals surface area contributed by atoms with Crippen LogP contribution in [0.25, 0.3) is 16.8 Å². The van der Waals surface area contributed by atoms with Crippen molar-refractivity contribution in [2.45, 2.75) is 12.2 Å². The number of rotatable bonds is 4. The lowest BCUT2D eigenvalue weighted by molar-refractivity contribution is -0.137. The monoisotopic (exact) mass is 584 g/mol. The van der Waals surface area contributed by atoms with Crippen LogP contribution in [-0.4, -0.2) is 26.4 Å². The Morgan fingerprint density at radius 1 is 1.02 bits per heavy atom. The van der Waals surface area contributed by atoms with E-state index in [0.717, 1.165) is 12.1 Å². The highest BCUT2D eigenvalue weighted by atomic mass is 35.5. The molecule has 2 N–H and O–H groups in total. The van der Waals surface area contributed by atoms with E-state index >= 15 is 0 Å². The fourth-order valence-corrected chi connectivity index (χ4v) is 4.77. The lowest BCUT2D eigenvalue weighted by Gasteiger charge is -2.19. The molecule has 3 heterocycles. The number of benzene rings is 3. The average molecular weight is 585 g/mol. The van der Waals surface area contributed by atoms with E-state index in [1.807, 2.05) is 0 Å². The second-order valence-corrected chi connectivity index (χ2v) is 9.47. The van der Waals surface area contributed by atoms with Gasteiger partial charge in [-0.3, -0.25) is 9.59 Å². The molecular weight excluding hydrogens is 569 g/mol. The van der Waals surface area contributed by atoms with Crippen molar-refractivity contribution in [2.24, 2.45) is 0 Å². The van der Waals surface area contributed by atoms with Gasteiger partial charge in [0, 0.05) is 44.7 Å². The van der Waals surface area contributed by atoms with E-state index in [4.69, 9.17) is 11.6 Å². The number of nitrogens with one attached hydrogen (secondary N) is 2. The Kier molecular flexibility index (Phi) is 5.93. The Morgan fingerprint density at radius 3 is 2.61 bits per heavy atom. The van der Waals surface area contributed by atoms with Gasteiger partial charge < -0.3 is 10.6 Å². The Hall–Kier alpha value is -4.84. The predicted molar refractivity (Wildman–Crippen MR) is 138 cm³/mol. The van der Waals surface area contributed by atoms with E-state index in [9.17, 15) is 32.9 Å². The van der Waals surface area contributed by atoms with Crippen LogP contribution in [0.5, 0.6) is 0 Å². The number of nitrogens with zero attached hydrogens (tertiary/aromatic N) is 3. The zero-order chi connectivity index (χ0) is 30.0. The quantitative estimate of drug-likeness (QED) is 0.238. The van der Waals surface area contributed by atoms with Crippen LogP contribution in [0, 0.1) is 11.6 Å². The van der Waals surface area contributed by atoms with Gasteiger partial charge in [0.15, 0.2) is 5.65 Å². The van der Waals surface area contributed by atoms with Gasteiger partial charge in [-0.15, -0.1) is 0 Å². The van der Waals surface area contributed by atoms with E-state index in [1.54, 1.807) is 18.3 Å². The topological polar surface area (TPSA) is 88.4 Å². The lowest BCUT2D eigenvalue weighted by atomic mass is 9.93. The molecule has 2 aromatic heterocycles. The van der Waals surface area contributed by atoms with Gasteiger partial charge >= 0.3 is 6.18 Å². The number of carbonyl (C=O) groups excluding carboxylic acids is 2. The van der Waals surface area contributed by atoms with Gasteiger partial charge in [0.25, 0.3) is 11.8 Å². The number of amides is 2. The van der Waals surface area contributed by atoms with Crippen LogP contribution >= 0.6 is 11.6 Å². The molecule has 5 aromatic rings. The van der Waals surface area contributed by atoms with Crippen molar-refractivity contribution in [3.05, 3.63) is 118 Å². The van der Waals surface area contributed by atoms with Crippen molar-refractivity contribution in [3.8, 4) is 11.1 Å². The molecule has 0 unspecified atom stereocenters. The minimum atomic E-state index is -4.93. The van der Waals surface area contributed by atoms with Gasteiger partial charge in [-0.05, 0) is 66.2 Å². The maximum atomic E-state index is 14.3. The molecule has 1 aliphatic heterocycles. The molecule has 0 fully saturated rings. The SMILES string of the molecule is [2H][C@@]1(c2cc(F)ccc2Cl)NC(=O)c2cc(-c3ccc4ncnn4c3)cc(NC(=O)c3cc(F)cc(C(F)(F)F)c3)c21. The maximum Gasteiger partial charge on any atom is 0.416 e. The summed E-state index contributed by atoms with van der Waals surface area (Å²) in [5.74, 6) is -3.97. The van der Waals surface area contributed by atoms with E-state index in [1.165, 1.54) is 29.0 Å². The van der Waals surface area contributed by atoms with Crippen LogP contribution in [-0.2, 0) is 6.18 Å². The van der Waals surface area contributed by atoms with E-state index in [0.29, 0.717) is 28.9 Å². The minimum absolute atomic E-state index is 0.0718. The third-order valence-corrected chi connectivity index (χ3v) is 6.74. The summed E-state index contributed by atoms with van der Waals surface area (Å²) in [5.41, 5.74) is -1.27. The van der Waals surface area contributed by atoms with Crippen molar-refractivity contribution < 1.29 is 32.9 Å². The molecule has 41 heavy (non-hydrogen) atoms. The van der Waals surface area contributed by atoms with Crippen LogP contribution < -0.4 is 10.6 Å². The molecule has 13 heteroatoms. The number of hydrogen-bond acceptors (Lipinski definition) is 4. The van der Waals surface area contributed by atoms with Crippen LogP contribution in [0.2, 0.25) is 5.02 Å². The number of anilines is 1. The van der Waals surface area contributed by atoms with Gasteiger partial charge in [-0.2, -0.15) is 18.3 Å². The van der Waals surface area contributed by atoms with Crippen molar-refractivity contribution in [1.29, 1.82) is 0 Å². The molecule has 0 saturated heterocycles. The molecule has 206 valence electrons. The van der Waals surface area contributed by atoms with E-state index in [-0.39, 0.29) is 33.5 Å². The number of alkyl halides is 3. The normalized spacial score (nSPS) is 16.8. The Labute approximate surface area is 234 Å². The molecule has 6 rings (SSSR count). The zero-order valence-electron chi connectivity index (χ0n) is 21.4. The number of aromatic nitrogens is 3. The van der Waals surface area contributed by atoms with Gasteiger partial charge in [0.05, 0.1) is 13.0 Å². The highest BCUT2D eigenvalue weighted by Crippen LogP contribution is 2.42. The fourth-order valence-electron chi connectivity index (χ4n) is 4.56. The first kappa shape index (κ1) is 25.1. The molecule has 0 bridgehead atoms. The third-order valence-electron chi connectivity index (χ3n) is 6.41. The lowest BCUT2D eigenvalue weighted by Crippen LogP contribution is -2.21. The summed E-state index contributed by atoms with van der Waals surface area (Å²) in [6.07, 6.45) is -2.02. The second kappa shape index (κ2) is 9.66. The molecule has 1 atom stereocenters. The van der Waals surface area contributed by atoms with Crippen LogP contribution in [0.15, 0.2) is 73.2 Å². The molecule has 3 aromatic carbocycles.